The monoisotopic (exact) mass is 336 g/mol. The van der Waals surface area contributed by atoms with Gasteiger partial charge in [0.25, 0.3) is 0 Å². The molecule has 0 N–H and O–H groups in total. The zero-order chi connectivity index (χ0) is 15.8. The van der Waals surface area contributed by atoms with Crippen molar-refractivity contribution in [2.45, 2.75) is 36.4 Å². The summed E-state index contributed by atoms with van der Waals surface area (Å²) in [5.74, 6) is 0.787. The molecule has 0 bridgehead atoms. The molecule has 2 heterocycles. The Hall–Kier alpha value is -0.310. The summed E-state index contributed by atoms with van der Waals surface area (Å²) in [6, 6.07) is 0. The standard InChI is InChI=1S/C13H24N2O4S2/c1-10(2)21(17,18)15-8-13(9-15)5-11(7-20-13)19-6-12(16)14(3)4/h10-11H,5-9H2,1-4H3/t11-/m0/s1. The van der Waals surface area contributed by atoms with Crippen molar-refractivity contribution in [2.75, 3.05) is 39.5 Å². The molecule has 21 heavy (non-hydrogen) atoms. The summed E-state index contributed by atoms with van der Waals surface area (Å²) in [4.78, 5) is 13.0. The molecule has 2 aliphatic rings. The number of sulfonamides is 1. The molecule has 1 atom stereocenters. The lowest BCUT2D eigenvalue weighted by molar-refractivity contribution is -0.135. The first kappa shape index (κ1) is 17.1. The topological polar surface area (TPSA) is 66.9 Å². The van der Waals surface area contributed by atoms with Gasteiger partial charge < -0.3 is 9.64 Å². The molecule has 2 fully saturated rings. The van der Waals surface area contributed by atoms with Crippen molar-refractivity contribution >= 4 is 27.7 Å². The van der Waals surface area contributed by atoms with Crippen LogP contribution in [0.2, 0.25) is 0 Å². The predicted molar refractivity (Wildman–Crippen MR) is 83.9 cm³/mol. The van der Waals surface area contributed by atoms with Crippen LogP contribution in [0.1, 0.15) is 20.3 Å². The number of thioether (sulfide) groups is 1. The maximum Gasteiger partial charge on any atom is 0.248 e. The number of rotatable bonds is 5. The van der Waals surface area contributed by atoms with Crippen LogP contribution in [0.15, 0.2) is 0 Å². The largest absolute Gasteiger partial charge is 0.367 e. The number of ether oxygens (including phenoxy) is 1. The first-order chi connectivity index (χ1) is 9.66. The SMILES string of the molecule is CC(C)S(=O)(=O)N1CC2(C[C@H](OCC(=O)N(C)C)CS2)C1. The third-order valence-corrected chi connectivity index (χ3v) is 7.75. The lowest BCUT2D eigenvalue weighted by Gasteiger charge is -2.47. The number of carbonyl (C=O) groups excluding carboxylic acids is 1. The van der Waals surface area contributed by atoms with Gasteiger partial charge in [-0.1, -0.05) is 0 Å². The Morgan fingerprint density at radius 2 is 2.05 bits per heavy atom. The minimum Gasteiger partial charge on any atom is -0.367 e. The van der Waals surface area contributed by atoms with Crippen molar-refractivity contribution in [3.8, 4) is 0 Å². The van der Waals surface area contributed by atoms with Crippen LogP contribution in [0, 0.1) is 0 Å². The molecular weight excluding hydrogens is 312 g/mol. The van der Waals surface area contributed by atoms with Gasteiger partial charge >= 0.3 is 0 Å². The normalized spacial score (nSPS) is 25.3. The number of amides is 1. The molecule has 0 unspecified atom stereocenters. The van der Waals surface area contributed by atoms with Gasteiger partial charge in [-0.2, -0.15) is 4.31 Å². The average Bonchev–Trinajstić information content (AvgIpc) is 2.78. The van der Waals surface area contributed by atoms with Gasteiger partial charge in [-0.3, -0.25) is 4.79 Å². The van der Waals surface area contributed by atoms with E-state index < -0.39 is 10.0 Å². The molecule has 6 nitrogen and oxygen atoms in total. The smallest absolute Gasteiger partial charge is 0.248 e. The minimum absolute atomic E-state index is 0.00616. The highest BCUT2D eigenvalue weighted by atomic mass is 32.2. The van der Waals surface area contributed by atoms with Gasteiger partial charge in [-0.05, 0) is 20.3 Å². The molecule has 2 rings (SSSR count). The van der Waals surface area contributed by atoms with Gasteiger partial charge in [0.15, 0.2) is 0 Å². The maximum absolute atomic E-state index is 12.1. The fourth-order valence-corrected chi connectivity index (χ4v) is 5.69. The highest BCUT2D eigenvalue weighted by Gasteiger charge is 2.53. The molecule has 1 spiro atoms. The Kier molecular flexibility index (Phi) is 4.92. The van der Waals surface area contributed by atoms with Crippen LogP contribution in [-0.4, -0.2) is 79.2 Å². The van der Waals surface area contributed by atoms with Crippen LogP contribution in [0.5, 0.6) is 0 Å². The third kappa shape index (κ3) is 3.55. The van der Waals surface area contributed by atoms with E-state index in [1.54, 1.807) is 44.0 Å². The molecule has 0 saturated carbocycles. The number of likely N-dealkylation sites (N-methyl/N-ethyl adjacent to an activating group) is 1. The summed E-state index contributed by atoms with van der Waals surface area (Å²) in [7, 11) is 0.271. The Bertz CT molecular complexity index is 498. The van der Waals surface area contributed by atoms with E-state index in [0.717, 1.165) is 12.2 Å². The molecule has 2 aliphatic heterocycles. The third-order valence-electron chi connectivity index (χ3n) is 4.00. The fraction of sp³-hybridized carbons (Fsp3) is 0.923. The molecule has 0 aliphatic carbocycles. The molecular formula is C13H24N2O4S2. The zero-order valence-corrected chi connectivity index (χ0v) is 14.7. The molecule has 0 aromatic carbocycles. The van der Waals surface area contributed by atoms with Gasteiger partial charge in [0.2, 0.25) is 15.9 Å². The Balaban J connectivity index is 1.81. The van der Waals surface area contributed by atoms with Crippen LogP contribution in [0.4, 0.5) is 0 Å². The van der Waals surface area contributed by atoms with E-state index in [4.69, 9.17) is 4.74 Å². The molecule has 2 saturated heterocycles. The maximum atomic E-state index is 12.1. The molecule has 1 amide bonds. The Morgan fingerprint density at radius 1 is 1.43 bits per heavy atom. The summed E-state index contributed by atoms with van der Waals surface area (Å²) in [6.45, 7) is 4.66. The first-order valence-electron chi connectivity index (χ1n) is 7.11. The highest BCUT2D eigenvalue weighted by molar-refractivity contribution is 8.01. The van der Waals surface area contributed by atoms with Gasteiger partial charge in [0.05, 0.1) is 11.4 Å². The van der Waals surface area contributed by atoms with E-state index in [2.05, 4.69) is 0 Å². The van der Waals surface area contributed by atoms with E-state index in [1.165, 1.54) is 4.90 Å². The van der Waals surface area contributed by atoms with Gasteiger partial charge in [-0.25, -0.2) is 8.42 Å². The summed E-state index contributed by atoms with van der Waals surface area (Å²) in [5, 5.41) is -0.369. The minimum atomic E-state index is -3.14. The van der Waals surface area contributed by atoms with Crippen LogP contribution in [0.25, 0.3) is 0 Å². The van der Waals surface area contributed by atoms with E-state index in [0.29, 0.717) is 13.1 Å². The van der Waals surface area contributed by atoms with Crippen molar-refractivity contribution in [2.24, 2.45) is 0 Å². The molecule has 0 aromatic heterocycles. The van der Waals surface area contributed by atoms with E-state index >= 15 is 0 Å². The predicted octanol–water partition coefficient (Wildman–Crippen LogP) is 0.389. The van der Waals surface area contributed by atoms with Crippen molar-refractivity contribution in [3.63, 3.8) is 0 Å². The van der Waals surface area contributed by atoms with E-state index in [1.807, 2.05) is 0 Å². The molecule has 0 radical (unpaired) electrons. The summed E-state index contributed by atoms with van der Waals surface area (Å²) in [6.07, 6.45) is 0.866. The second-order valence-corrected chi connectivity index (χ2v) is 10.3. The van der Waals surface area contributed by atoms with Crippen LogP contribution >= 0.6 is 11.8 Å². The molecule has 8 heteroatoms. The average molecular weight is 336 g/mol. The van der Waals surface area contributed by atoms with Crippen molar-refractivity contribution < 1.29 is 17.9 Å². The summed E-state index contributed by atoms with van der Waals surface area (Å²) >= 11 is 1.78. The molecule has 0 aromatic rings. The van der Waals surface area contributed by atoms with Crippen LogP contribution < -0.4 is 0 Å². The van der Waals surface area contributed by atoms with Crippen molar-refractivity contribution in [1.29, 1.82) is 0 Å². The first-order valence-corrected chi connectivity index (χ1v) is 9.60. The second-order valence-electron chi connectivity index (χ2n) is 6.28. The number of hydrogen-bond donors (Lipinski definition) is 0. The fourth-order valence-electron chi connectivity index (χ4n) is 2.52. The van der Waals surface area contributed by atoms with Crippen molar-refractivity contribution in [1.82, 2.24) is 9.21 Å². The summed E-state index contributed by atoms with van der Waals surface area (Å²) in [5.41, 5.74) is 0. The summed E-state index contributed by atoms with van der Waals surface area (Å²) < 4.78 is 31.3. The number of carbonyl (C=O) groups is 1. The van der Waals surface area contributed by atoms with Crippen LogP contribution in [0.3, 0.4) is 0 Å². The Labute approximate surface area is 131 Å². The van der Waals surface area contributed by atoms with E-state index in [9.17, 15) is 13.2 Å². The highest BCUT2D eigenvalue weighted by Crippen LogP contribution is 2.47. The quantitative estimate of drug-likeness (QED) is 0.726. The Morgan fingerprint density at radius 3 is 2.57 bits per heavy atom. The lowest BCUT2D eigenvalue weighted by Crippen LogP contribution is -2.61. The number of hydrogen-bond acceptors (Lipinski definition) is 5. The lowest BCUT2D eigenvalue weighted by atomic mass is 9.95. The van der Waals surface area contributed by atoms with Gasteiger partial charge in [-0.15, -0.1) is 11.8 Å². The van der Waals surface area contributed by atoms with Gasteiger partial charge in [0.1, 0.15) is 6.61 Å². The zero-order valence-electron chi connectivity index (χ0n) is 13.0. The van der Waals surface area contributed by atoms with E-state index in [-0.39, 0.29) is 28.6 Å². The van der Waals surface area contributed by atoms with Gasteiger partial charge in [0, 0.05) is 37.7 Å². The number of nitrogens with zero attached hydrogens (tertiary/aromatic N) is 2. The van der Waals surface area contributed by atoms with Crippen LogP contribution in [-0.2, 0) is 19.6 Å². The van der Waals surface area contributed by atoms with Crippen molar-refractivity contribution in [3.05, 3.63) is 0 Å². The second kappa shape index (κ2) is 6.06. The molecule has 122 valence electrons.